The third-order valence-corrected chi connectivity index (χ3v) is 4.52. The molecule has 0 bridgehead atoms. The molecule has 1 aromatic carbocycles. The topological polar surface area (TPSA) is 41.5 Å². The predicted molar refractivity (Wildman–Crippen MR) is 79.9 cm³/mol. The highest BCUT2D eigenvalue weighted by Gasteiger charge is 2.35. The Bertz CT molecular complexity index is 472. The molecule has 20 heavy (non-hydrogen) atoms. The van der Waals surface area contributed by atoms with E-state index in [2.05, 4.69) is 31.3 Å². The van der Waals surface area contributed by atoms with Crippen LogP contribution in [0, 0.1) is 0 Å². The fourth-order valence-corrected chi connectivity index (χ4v) is 3.52. The van der Waals surface area contributed by atoms with E-state index in [1.807, 2.05) is 12.1 Å². The van der Waals surface area contributed by atoms with Crippen molar-refractivity contribution in [1.29, 1.82) is 0 Å². The minimum absolute atomic E-state index is 0.161. The first-order valence-corrected chi connectivity index (χ1v) is 7.77. The van der Waals surface area contributed by atoms with Crippen molar-refractivity contribution in [3.8, 4) is 5.75 Å². The van der Waals surface area contributed by atoms with Gasteiger partial charge in [-0.2, -0.15) is 0 Å². The molecule has 110 valence electrons. The fraction of sp³-hybridized carbons (Fsp3) is 0.647. The summed E-state index contributed by atoms with van der Waals surface area (Å²) in [5.41, 5.74) is 1.07. The minimum Gasteiger partial charge on any atom is -0.487 e. The fourth-order valence-electron chi connectivity index (χ4n) is 3.52. The lowest BCUT2D eigenvalue weighted by atomic mass is 9.86. The summed E-state index contributed by atoms with van der Waals surface area (Å²) >= 11 is 0. The molecular weight excluding hydrogens is 250 g/mol. The maximum absolute atomic E-state index is 10.2. The number of para-hydroxylation sites is 1. The van der Waals surface area contributed by atoms with Gasteiger partial charge >= 0.3 is 0 Å². The Kier molecular flexibility index (Phi) is 3.74. The quantitative estimate of drug-likeness (QED) is 0.871. The molecule has 3 heteroatoms. The molecule has 1 aromatic rings. The van der Waals surface area contributed by atoms with Gasteiger partial charge in [0.2, 0.25) is 0 Å². The van der Waals surface area contributed by atoms with Gasteiger partial charge in [-0.3, -0.25) is 0 Å². The number of hydrogen-bond donors (Lipinski definition) is 2. The second-order valence-electron chi connectivity index (χ2n) is 6.78. The summed E-state index contributed by atoms with van der Waals surface area (Å²) in [6, 6.07) is 8.75. The maximum atomic E-state index is 10.2. The molecule has 1 fully saturated rings. The monoisotopic (exact) mass is 275 g/mol. The second-order valence-corrected chi connectivity index (χ2v) is 6.78. The van der Waals surface area contributed by atoms with Gasteiger partial charge in [0.05, 0.1) is 6.10 Å². The zero-order chi connectivity index (χ0) is 14.2. The molecule has 0 radical (unpaired) electrons. The number of aliphatic hydroxyl groups is 1. The van der Waals surface area contributed by atoms with E-state index < -0.39 is 0 Å². The lowest BCUT2D eigenvalue weighted by Gasteiger charge is -2.41. The summed E-state index contributed by atoms with van der Waals surface area (Å²) in [6.07, 6.45) is 5.08. The first-order chi connectivity index (χ1) is 9.55. The molecule has 0 spiro atoms. The van der Waals surface area contributed by atoms with Crippen molar-refractivity contribution >= 4 is 0 Å². The average molecular weight is 275 g/mol. The summed E-state index contributed by atoms with van der Waals surface area (Å²) in [5.74, 6) is 0.978. The highest BCUT2D eigenvalue weighted by Crippen LogP contribution is 2.40. The third-order valence-electron chi connectivity index (χ3n) is 4.52. The summed E-state index contributed by atoms with van der Waals surface area (Å²) in [4.78, 5) is 0. The molecule has 2 N–H and O–H groups in total. The Morgan fingerprint density at radius 2 is 1.95 bits per heavy atom. The molecular formula is C17H25NO2. The van der Waals surface area contributed by atoms with Gasteiger partial charge in [-0.15, -0.1) is 0 Å². The SMILES string of the molecule is CC1(C)CC(NC2CCCCC2O)c2ccccc2O1. The number of rotatable bonds is 2. The van der Waals surface area contributed by atoms with E-state index in [1.165, 1.54) is 12.0 Å². The standard InChI is InChI=1S/C17H25NO2/c1-17(2)11-14(12-7-3-6-10-16(12)20-17)18-13-8-4-5-9-15(13)19/h3,6-7,10,13-15,18-19H,4-5,8-9,11H2,1-2H3. The van der Waals surface area contributed by atoms with Gasteiger partial charge in [0.25, 0.3) is 0 Å². The molecule has 0 saturated heterocycles. The van der Waals surface area contributed by atoms with Crippen molar-refractivity contribution < 1.29 is 9.84 Å². The van der Waals surface area contributed by atoms with Crippen LogP contribution in [0.25, 0.3) is 0 Å². The highest BCUT2D eigenvalue weighted by molar-refractivity contribution is 5.38. The molecule has 1 aliphatic heterocycles. The molecule has 1 aliphatic carbocycles. The van der Waals surface area contributed by atoms with E-state index >= 15 is 0 Å². The Morgan fingerprint density at radius 1 is 1.20 bits per heavy atom. The Hall–Kier alpha value is -1.06. The minimum atomic E-state index is -0.207. The van der Waals surface area contributed by atoms with Gasteiger partial charge < -0.3 is 15.2 Å². The van der Waals surface area contributed by atoms with Gasteiger partial charge in [0.15, 0.2) is 0 Å². The number of nitrogens with one attached hydrogen (secondary N) is 1. The van der Waals surface area contributed by atoms with Crippen LogP contribution >= 0.6 is 0 Å². The van der Waals surface area contributed by atoms with Crippen LogP contribution in [-0.2, 0) is 0 Å². The summed E-state index contributed by atoms with van der Waals surface area (Å²) in [7, 11) is 0. The van der Waals surface area contributed by atoms with E-state index in [4.69, 9.17) is 4.74 Å². The van der Waals surface area contributed by atoms with Crippen molar-refractivity contribution in [3.63, 3.8) is 0 Å². The smallest absolute Gasteiger partial charge is 0.124 e. The molecule has 0 aromatic heterocycles. The van der Waals surface area contributed by atoms with Crippen molar-refractivity contribution in [1.82, 2.24) is 5.32 Å². The Morgan fingerprint density at radius 3 is 2.75 bits per heavy atom. The zero-order valence-corrected chi connectivity index (χ0v) is 12.4. The van der Waals surface area contributed by atoms with Crippen LogP contribution < -0.4 is 10.1 Å². The van der Waals surface area contributed by atoms with Crippen LogP contribution in [0.4, 0.5) is 0 Å². The number of hydrogen-bond acceptors (Lipinski definition) is 3. The lowest BCUT2D eigenvalue weighted by molar-refractivity contribution is 0.0441. The van der Waals surface area contributed by atoms with Crippen LogP contribution in [0.2, 0.25) is 0 Å². The number of aliphatic hydroxyl groups excluding tert-OH is 1. The Labute approximate surface area is 121 Å². The third kappa shape index (κ3) is 2.84. The molecule has 3 nitrogen and oxygen atoms in total. The van der Waals surface area contributed by atoms with Gasteiger partial charge in [-0.05, 0) is 32.8 Å². The van der Waals surface area contributed by atoms with Crippen LogP contribution in [0.3, 0.4) is 0 Å². The van der Waals surface area contributed by atoms with E-state index in [9.17, 15) is 5.11 Å². The number of benzene rings is 1. The van der Waals surface area contributed by atoms with E-state index in [0.29, 0.717) is 0 Å². The lowest BCUT2D eigenvalue weighted by Crippen LogP contribution is -2.47. The van der Waals surface area contributed by atoms with Crippen LogP contribution in [0.15, 0.2) is 24.3 Å². The molecule has 3 rings (SSSR count). The molecule has 0 amide bonds. The normalized spacial score (nSPS) is 32.2. The van der Waals surface area contributed by atoms with E-state index in [0.717, 1.165) is 31.4 Å². The summed E-state index contributed by atoms with van der Waals surface area (Å²) in [5, 5.41) is 13.9. The highest BCUT2D eigenvalue weighted by atomic mass is 16.5. The second kappa shape index (κ2) is 5.38. The van der Waals surface area contributed by atoms with Gasteiger partial charge in [-0.25, -0.2) is 0 Å². The predicted octanol–water partition coefficient (Wildman–Crippen LogP) is 3.18. The van der Waals surface area contributed by atoms with Crippen molar-refractivity contribution in [2.45, 2.75) is 69.7 Å². The van der Waals surface area contributed by atoms with Crippen LogP contribution in [-0.4, -0.2) is 22.9 Å². The van der Waals surface area contributed by atoms with Crippen molar-refractivity contribution in [3.05, 3.63) is 29.8 Å². The number of ether oxygens (including phenoxy) is 1. The number of fused-ring (bicyclic) bond motifs is 1. The first-order valence-electron chi connectivity index (χ1n) is 7.77. The van der Waals surface area contributed by atoms with Crippen molar-refractivity contribution in [2.75, 3.05) is 0 Å². The van der Waals surface area contributed by atoms with E-state index in [1.54, 1.807) is 0 Å². The van der Waals surface area contributed by atoms with Crippen molar-refractivity contribution in [2.24, 2.45) is 0 Å². The van der Waals surface area contributed by atoms with Gasteiger partial charge in [-0.1, -0.05) is 31.0 Å². The van der Waals surface area contributed by atoms with Gasteiger partial charge in [0, 0.05) is 24.1 Å². The van der Waals surface area contributed by atoms with Crippen LogP contribution in [0.1, 0.15) is 57.6 Å². The average Bonchev–Trinajstić information content (AvgIpc) is 2.40. The molecule has 3 unspecified atom stereocenters. The first kappa shape index (κ1) is 13.9. The van der Waals surface area contributed by atoms with Crippen LogP contribution in [0.5, 0.6) is 5.75 Å². The Balaban J connectivity index is 1.81. The largest absolute Gasteiger partial charge is 0.487 e. The summed E-state index contributed by atoms with van der Waals surface area (Å²) in [6.45, 7) is 4.27. The van der Waals surface area contributed by atoms with Gasteiger partial charge in [0.1, 0.15) is 11.4 Å². The molecule has 1 saturated carbocycles. The van der Waals surface area contributed by atoms with E-state index in [-0.39, 0.29) is 23.8 Å². The summed E-state index contributed by atoms with van der Waals surface area (Å²) < 4.78 is 6.06. The zero-order valence-electron chi connectivity index (χ0n) is 12.4. The molecule has 1 heterocycles. The molecule has 2 aliphatic rings. The maximum Gasteiger partial charge on any atom is 0.124 e. The molecule has 3 atom stereocenters.